The number of pyridine rings is 1. The van der Waals surface area contributed by atoms with Crippen LogP contribution in [0.5, 0.6) is 0 Å². The SMILES string of the molecule is NC(c1cccnc1)C12CC3CC(CC(C3)C1)C2. The number of rotatable bonds is 2. The smallest absolute Gasteiger partial charge is 0.0367 e. The molecular formula is C16H22N2. The van der Waals surface area contributed by atoms with Gasteiger partial charge in [0, 0.05) is 18.4 Å². The first kappa shape index (κ1) is 11.0. The zero-order chi connectivity index (χ0) is 12.2. The number of hydrogen-bond donors (Lipinski definition) is 1. The van der Waals surface area contributed by atoms with Gasteiger partial charge in [0.05, 0.1) is 0 Å². The van der Waals surface area contributed by atoms with E-state index in [4.69, 9.17) is 5.73 Å². The summed E-state index contributed by atoms with van der Waals surface area (Å²) in [6.07, 6.45) is 12.4. The zero-order valence-electron chi connectivity index (χ0n) is 10.9. The van der Waals surface area contributed by atoms with E-state index in [2.05, 4.69) is 11.1 Å². The van der Waals surface area contributed by atoms with Crippen LogP contribution >= 0.6 is 0 Å². The largest absolute Gasteiger partial charge is 0.323 e. The van der Waals surface area contributed by atoms with Gasteiger partial charge in [-0.15, -0.1) is 0 Å². The fraction of sp³-hybridized carbons (Fsp3) is 0.688. The molecule has 4 aliphatic carbocycles. The van der Waals surface area contributed by atoms with E-state index in [-0.39, 0.29) is 6.04 Å². The Hall–Kier alpha value is -0.890. The lowest BCUT2D eigenvalue weighted by Crippen LogP contribution is -2.50. The average Bonchev–Trinajstić information content (AvgIpc) is 2.37. The van der Waals surface area contributed by atoms with Crippen LogP contribution in [0, 0.1) is 23.2 Å². The van der Waals surface area contributed by atoms with Crippen LogP contribution in [0.2, 0.25) is 0 Å². The van der Waals surface area contributed by atoms with Crippen LogP contribution in [0.3, 0.4) is 0 Å². The third-order valence-electron chi connectivity index (χ3n) is 5.79. The summed E-state index contributed by atoms with van der Waals surface area (Å²) >= 11 is 0. The first-order chi connectivity index (χ1) is 8.75. The fourth-order valence-electron chi connectivity index (χ4n) is 5.47. The molecule has 2 nitrogen and oxygen atoms in total. The fourth-order valence-corrected chi connectivity index (χ4v) is 5.47. The van der Waals surface area contributed by atoms with Crippen molar-refractivity contribution in [3.63, 3.8) is 0 Å². The lowest BCUT2D eigenvalue weighted by atomic mass is 9.47. The number of nitrogens with zero attached hydrogens (tertiary/aromatic N) is 1. The highest BCUT2D eigenvalue weighted by atomic mass is 14.8. The average molecular weight is 242 g/mol. The molecule has 96 valence electrons. The van der Waals surface area contributed by atoms with Crippen LogP contribution in [-0.2, 0) is 0 Å². The molecule has 0 radical (unpaired) electrons. The molecule has 4 fully saturated rings. The molecule has 1 unspecified atom stereocenters. The van der Waals surface area contributed by atoms with Gasteiger partial charge >= 0.3 is 0 Å². The van der Waals surface area contributed by atoms with E-state index < -0.39 is 0 Å². The number of nitrogens with two attached hydrogens (primary N) is 1. The van der Waals surface area contributed by atoms with Gasteiger partial charge in [-0.2, -0.15) is 0 Å². The molecule has 0 amide bonds. The highest BCUT2D eigenvalue weighted by molar-refractivity contribution is 5.19. The van der Waals surface area contributed by atoms with Crippen LogP contribution < -0.4 is 5.73 Å². The Morgan fingerprint density at radius 3 is 2.22 bits per heavy atom. The van der Waals surface area contributed by atoms with Crippen LogP contribution in [0.15, 0.2) is 24.5 Å². The second kappa shape index (κ2) is 3.80. The summed E-state index contributed by atoms with van der Waals surface area (Å²) in [6, 6.07) is 4.39. The summed E-state index contributed by atoms with van der Waals surface area (Å²) in [5.41, 5.74) is 8.30. The van der Waals surface area contributed by atoms with Crippen molar-refractivity contribution in [3.8, 4) is 0 Å². The Kier molecular flexibility index (Phi) is 2.32. The minimum atomic E-state index is 0.208. The Balaban J connectivity index is 1.67. The molecule has 0 spiro atoms. The number of aromatic nitrogens is 1. The lowest BCUT2D eigenvalue weighted by molar-refractivity contribution is -0.0678. The molecule has 1 atom stereocenters. The van der Waals surface area contributed by atoms with Crippen molar-refractivity contribution in [2.45, 2.75) is 44.6 Å². The van der Waals surface area contributed by atoms with Gasteiger partial charge in [-0.1, -0.05) is 6.07 Å². The van der Waals surface area contributed by atoms with Gasteiger partial charge < -0.3 is 5.73 Å². The van der Waals surface area contributed by atoms with Gasteiger partial charge in [0.15, 0.2) is 0 Å². The second-order valence-corrected chi connectivity index (χ2v) is 7.04. The molecule has 0 saturated heterocycles. The molecule has 5 rings (SSSR count). The van der Waals surface area contributed by atoms with Gasteiger partial charge in [-0.3, -0.25) is 4.98 Å². The van der Waals surface area contributed by atoms with Gasteiger partial charge in [0.1, 0.15) is 0 Å². The number of hydrogen-bond acceptors (Lipinski definition) is 2. The molecule has 4 saturated carbocycles. The van der Waals surface area contributed by atoms with Crippen molar-refractivity contribution in [2.75, 3.05) is 0 Å². The first-order valence-corrected chi connectivity index (χ1v) is 7.41. The summed E-state index contributed by atoms with van der Waals surface area (Å²) in [5, 5.41) is 0. The predicted octanol–water partition coefficient (Wildman–Crippen LogP) is 3.30. The highest BCUT2D eigenvalue weighted by Gasteiger charge is 2.53. The minimum Gasteiger partial charge on any atom is -0.323 e. The maximum absolute atomic E-state index is 6.65. The molecule has 2 N–H and O–H groups in total. The van der Waals surface area contributed by atoms with E-state index in [0.717, 1.165) is 17.8 Å². The van der Waals surface area contributed by atoms with Gasteiger partial charge in [0.25, 0.3) is 0 Å². The summed E-state index contributed by atoms with van der Waals surface area (Å²) in [4.78, 5) is 4.25. The summed E-state index contributed by atoms with van der Waals surface area (Å²) < 4.78 is 0. The summed E-state index contributed by atoms with van der Waals surface area (Å²) in [7, 11) is 0. The Bertz CT molecular complexity index is 404. The Morgan fingerprint density at radius 1 is 1.11 bits per heavy atom. The molecule has 1 heterocycles. The summed E-state index contributed by atoms with van der Waals surface area (Å²) in [6.45, 7) is 0. The normalized spacial score (nSPS) is 43.1. The third-order valence-corrected chi connectivity index (χ3v) is 5.79. The van der Waals surface area contributed by atoms with Crippen molar-refractivity contribution >= 4 is 0 Å². The minimum absolute atomic E-state index is 0.208. The van der Waals surface area contributed by atoms with Crippen molar-refractivity contribution in [1.82, 2.24) is 4.98 Å². The van der Waals surface area contributed by atoms with Crippen LogP contribution in [0.4, 0.5) is 0 Å². The van der Waals surface area contributed by atoms with Crippen molar-refractivity contribution in [3.05, 3.63) is 30.1 Å². The molecular weight excluding hydrogens is 220 g/mol. The van der Waals surface area contributed by atoms with Crippen LogP contribution in [0.25, 0.3) is 0 Å². The maximum atomic E-state index is 6.65. The van der Waals surface area contributed by atoms with Crippen LogP contribution in [0.1, 0.15) is 50.1 Å². The van der Waals surface area contributed by atoms with E-state index in [9.17, 15) is 0 Å². The van der Waals surface area contributed by atoms with Crippen molar-refractivity contribution in [2.24, 2.45) is 28.9 Å². The summed E-state index contributed by atoms with van der Waals surface area (Å²) in [5.74, 6) is 2.91. The standard InChI is InChI=1S/C16H22N2/c17-15(14-2-1-3-18-10-14)16-7-11-4-12(8-16)6-13(5-11)9-16/h1-3,10-13,15H,4-9,17H2. The van der Waals surface area contributed by atoms with E-state index in [1.54, 1.807) is 0 Å². The third kappa shape index (κ3) is 1.55. The molecule has 0 aromatic carbocycles. The van der Waals surface area contributed by atoms with Gasteiger partial charge in [-0.05, 0) is 73.3 Å². The topological polar surface area (TPSA) is 38.9 Å². The van der Waals surface area contributed by atoms with E-state index in [1.807, 2.05) is 18.5 Å². The van der Waals surface area contributed by atoms with Crippen molar-refractivity contribution in [1.29, 1.82) is 0 Å². The second-order valence-electron chi connectivity index (χ2n) is 7.04. The highest BCUT2D eigenvalue weighted by Crippen LogP contribution is 2.63. The molecule has 2 heteroatoms. The molecule has 4 aliphatic rings. The molecule has 0 aliphatic heterocycles. The van der Waals surface area contributed by atoms with Gasteiger partial charge in [-0.25, -0.2) is 0 Å². The molecule has 1 aromatic heterocycles. The van der Waals surface area contributed by atoms with E-state index in [1.165, 1.54) is 44.1 Å². The van der Waals surface area contributed by atoms with Gasteiger partial charge in [0.2, 0.25) is 0 Å². The molecule has 1 aromatic rings. The molecule has 4 bridgehead atoms. The molecule has 18 heavy (non-hydrogen) atoms. The maximum Gasteiger partial charge on any atom is 0.0367 e. The van der Waals surface area contributed by atoms with Crippen molar-refractivity contribution < 1.29 is 0 Å². The predicted molar refractivity (Wildman–Crippen MR) is 71.8 cm³/mol. The zero-order valence-corrected chi connectivity index (χ0v) is 10.9. The van der Waals surface area contributed by atoms with E-state index >= 15 is 0 Å². The monoisotopic (exact) mass is 242 g/mol. The van der Waals surface area contributed by atoms with E-state index in [0.29, 0.717) is 5.41 Å². The van der Waals surface area contributed by atoms with Crippen LogP contribution in [-0.4, -0.2) is 4.98 Å². The Morgan fingerprint density at radius 2 is 1.72 bits per heavy atom. The lowest BCUT2D eigenvalue weighted by Gasteiger charge is -2.59. The first-order valence-electron chi connectivity index (χ1n) is 7.41. The quantitative estimate of drug-likeness (QED) is 0.864. The Labute approximate surface area is 109 Å².